The van der Waals surface area contributed by atoms with Crippen molar-refractivity contribution in [3.8, 4) is 5.75 Å². The molecule has 7 heteroatoms. The van der Waals surface area contributed by atoms with Gasteiger partial charge in [-0.15, -0.1) is 12.4 Å². The fraction of sp³-hybridized carbons (Fsp3) is 0.600. The summed E-state index contributed by atoms with van der Waals surface area (Å²) in [7, 11) is 0. The van der Waals surface area contributed by atoms with Crippen molar-refractivity contribution in [3.05, 3.63) is 28.8 Å². The molecule has 2 fully saturated rings. The highest BCUT2D eigenvalue weighted by atomic mass is 35.5. The lowest BCUT2D eigenvalue weighted by Gasteiger charge is -2.27. The van der Waals surface area contributed by atoms with E-state index in [1.807, 2.05) is 30.9 Å². The lowest BCUT2D eigenvalue weighted by Crippen LogP contribution is -2.38. The number of halogens is 1. The molecule has 1 aromatic carbocycles. The number of carbonyl (C=O) groups is 2. The maximum Gasteiger partial charge on any atom is 0.260 e. The Hall–Kier alpha value is -1.79. The Balaban J connectivity index is 0.00000261. The van der Waals surface area contributed by atoms with Gasteiger partial charge in [0.05, 0.1) is 0 Å². The number of ether oxygens (including phenoxy) is 1. The smallest absolute Gasteiger partial charge is 0.260 e. The number of likely N-dealkylation sites (tertiary alicyclic amines) is 1. The van der Waals surface area contributed by atoms with Gasteiger partial charge in [0.2, 0.25) is 0 Å². The van der Waals surface area contributed by atoms with Crippen LogP contribution in [0.3, 0.4) is 0 Å². The van der Waals surface area contributed by atoms with E-state index in [4.69, 9.17) is 4.74 Å². The first-order valence-electron chi connectivity index (χ1n) is 9.58. The molecule has 0 saturated carbocycles. The van der Waals surface area contributed by atoms with Crippen LogP contribution in [0.1, 0.15) is 47.2 Å². The second kappa shape index (κ2) is 9.95. The first-order valence-corrected chi connectivity index (χ1v) is 9.58. The summed E-state index contributed by atoms with van der Waals surface area (Å²) in [5, 5.41) is 6.30. The third-order valence-corrected chi connectivity index (χ3v) is 5.17. The molecule has 2 N–H and O–H groups in total. The summed E-state index contributed by atoms with van der Waals surface area (Å²) in [6.45, 7) is 7.32. The van der Waals surface area contributed by atoms with Crippen LogP contribution in [0, 0.1) is 13.8 Å². The number of amides is 2. The average molecular weight is 396 g/mol. The summed E-state index contributed by atoms with van der Waals surface area (Å²) in [6, 6.07) is 3.87. The molecule has 0 radical (unpaired) electrons. The van der Waals surface area contributed by atoms with Crippen LogP contribution in [-0.4, -0.2) is 55.5 Å². The van der Waals surface area contributed by atoms with Crippen LogP contribution in [0.2, 0.25) is 0 Å². The third kappa shape index (κ3) is 5.59. The molecule has 2 saturated heterocycles. The van der Waals surface area contributed by atoms with Gasteiger partial charge in [0.15, 0.2) is 6.61 Å². The number of piperidine rings is 1. The molecule has 6 nitrogen and oxygen atoms in total. The zero-order valence-electron chi connectivity index (χ0n) is 16.2. The van der Waals surface area contributed by atoms with E-state index < -0.39 is 0 Å². The van der Waals surface area contributed by atoms with Crippen molar-refractivity contribution >= 4 is 24.2 Å². The van der Waals surface area contributed by atoms with Gasteiger partial charge in [-0.2, -0.15) is 0 Å². The lowest BCUT2D eigenvalue weighted by atomic mass is 10.0. The molecule has 2 aliphatic heterocycles. The number of nitrogens with zero attached hydrogens (tertiary/aromatic N) is 1. The molecule has 2 heterocycles. The van der Waals surface area contributed by atoms with Crippen molar-refractivity contribution in [1.82, 2.24) is 15.5 Å². The fourth-order valence-corrected chi connectivity index (χ4v) is 3.72. The molecule has 0 aromatic heterocycles. The van der Waals surface area contributed by atoms with Crippen LogP contribution in [0.25, 0.3) is 0 Å². The summed E-state index contributed by atoms with van der Waals surface area (Å²) < 4.78 is 5.82. The third-order valence-electron chi connectivity index (χ3n) is 5.17. The minimum atomic E-state index is -0.0548. The second-order valence-electron chi connectivity index (χ2n) is 7.33. The predicted octanol–water partition coefficient (Wildman–Crippen LogP) is 2.21. The van der Waals surface area contributed by atoms with Gasteiger partial charge in [0, 0.05) is 31.2 Å². The number of rotatable bonds is 5. The van der Waals surface area contributed by atoms with Gasteiger partial charge in [0.25, 0.3) is 11.8 Å². The minimum Gasteiger partial charge on any atom is -0.483 e. The van der Waals surface area contributed by atoms with E-state index >= 15 is 0 Å². The molecule has 0 aliphatic carbocycles. The zero-order chi connectivity index (χ0) is 18.5. The Bertz CT molecular complexity index is 645. The van der Waals surface area contributed by atoms with Crippen molar-refractivity contribution in [1.29, 1.82) is 0 Å². The van der Waals surface area contributed by atoms with Crippen LogP contribution in [-0.2, 0) is 4.79 Å². The Labute approximate surface area is 167 Å². The van der Waals surface area contributed by atoms with E-state index in [9.17, 15) is 9.59 Å². The molecule has 27 heavy (non-hydrogen) atoms. The quantitative estimate of drug-likeness (QED) is 0.801. The van der Waals surface area contributed by atoms with Crippen molar-refractivity contribution in [3.63, 3.8) is 0 Å². The highest BCUT2D eigenvalue weighted by Crippen LogP contribution is 2.25. The maximum absolute atomic E-state index is 12.4. The normalized spacial score (nSPS) is 19.3. The van der Waals surface area contributed by atoms with E-state index in [0.717, 1.165) is 56.6 Å². The van der Waals surface area contributed by atoms with E-state index in [1.165, 1.54) is 6.42 Å². The Kier molecular flexibility index (Phi) is 7.92. The van der Waals surface area contributed by atoms with Crippen LogP contribution in [0.15, 0.2) is 12.1 Å². The summed E-state index contributed by atoms with van der Waals surface area (Å²) in [4.78, 5) is 26.6. The molecule has 150 valence electrons. The van der Waals surface area contributed by atoms with E-state index in [0.29, 0.717) is 11.3 Å². The van der Waals surface area contributed by atoms with Gasteiger partial charge < -0.3 is 20.3 Å². The minimum absolute atomic E-state index is 0. The Morgan fingerprint density at radius 2 is 1.85 bits per heavy atom. The molecular weight excluding hydrogens is 366 g/mol. The predicted molar refractivity (Wildman–Crippen MR) is 108 cm³/mol. The lowest BCUT2D eigenvalue weighted by molar-refractivity contribution is -0.134. The van der Waals surface area contributed by atoms with E-state index in [-0.39, 0.29) is 36.9 Å². The monoisotopic (exact) mass is 395 g/mol. The van der Waals surface area contributed by atoms with Crippen molar-refractivity contribution < 1.29 is 14.3 Å². The number of hydrogen-bond donors (Lipinski definition) is 2. The van der Waals surface area contributed by atoms with E-state index in [2.05, 4.69) is 10.6 Å². The van der Waals surface area contributed by atoms with Gasteiger partial charge in [0.1, 0.15) is 5.75 Å². The summed E-state index contributed by atoms with van der Waals surface area (Å²) in [5.74, 6) is 0.689. The Morgan fingerprint density at radius 1 is 1.19 bits per heavy atom. The second-order valence-corrected chi connectivity index (χ2v) is 7.33. The molecule has 1 unspecified atom stereocenters. The number of aryl methyl sites for hydroxylation is 2. The van der Waals surface area contributed by atoms with Gasteiger partial charge in [-0.05, 0) is 69.3 Å². The first kappa shape index (κ1) is 21.5. The van der Waals surface area contributed by atoms with Crippen LogP contribution in [0.4, 0.5) is 0 Å². The highest BCUT2D eigenvalue weighted by Gasteiger charge is 2.20. The van der Waals surface area contributed by atoms with Gasteiger partial charge in [-0.1, -0.05) is 0 Å². The SMILES string of the molecule is Cc1cc(C(=O)NC2CCNC2)cc(C)c1OCC(=O)N1CCCCC1.Cl. The molecule has 3 rings (SSSR count). The summed E-state index contributed by atoms with van der Waals surface area (Å²) in [6.07, 6.45) is 4.31. The molecule has 0 spiro atoms. The molecule has 1 aromatic rings. The molecule has 0 bridgehead atoms. The average Bonchev–Trinajstić information content (AvgIpc) is 3.14. The van der Waals surface area contributed by atoms with Gasteiger partial charge >= 0.3 is 0 Å². The van der Waals surface area contributed by atoms with Crippen molar-refractivity contribution in [2.45, 2.75) is 45.6 Å². The topological polar surface area (TPSA) is 70.7 Å². The number of nitrogens with one attached hydrogen (secondary N) is 2. The van der Waals surface area contributed by atoms with Crippen LogP contribution < -0.4 is 15.4 Å². The van der Waals surface area contributed by atoms with Gasteiger partial charge in [-0.25, -0.2) is 0 Å². The largest absolute Gasteiger partial charge is 0.483 e. The standard InChI is InChI=1S/C20H29N3O3.ClH/c1-14-10-16(20(25)22-17-6-7-21-12-17)11-15(2)19(14)26-13-18(24)23-8-4-3-5-9-23;/h10-11,17,21H,3-9,12-13H2,1-2H3,(H,22,25);1H. The number of carbonyl (C=O) groups excluding carboxylic acids is 2. The van der Waals surface area contributed by atoms with E-state index in [1.54, 1.807) is 0 Å². The summed E-state index contributed by atoms with van der Waals surface area (Å²) in [5.41, 5.74) is 2.40. The van der Waals surface area contributed by atoms with Crippen molar-refractivity contribution in [2.24, 2.45) is 0 Å². The number of hydrogen-bond acceptors (Lipinski definition) is 4. The zero-order valence-corrected chi connectivity index (χ0v) is 17.0. The highest BCUT2D eigenvalue weighted by molar-refractivity contribution is 5.95. The molecule has 1 atom stereocenters. The van der Waals surface area contributed by atoms with Gasteiger partial charge in [-0.3, -0.25) is 9.59 Å². The van der Waals surface area contributed by atoms with Crippen molar-refractivity contribution in [2.75, 3.05) is 32.8 Å². The Morgan fingerprint density at radius 3 is 2.44 bits per heavy atom. The van der Waals surface area contributed by atoms with Crippen LogP contribution >= 0.6 is 12.4 Å². The first-order chi connectivity index (χ1) is 12.5. The number of benzene rings is 1. The van der Waals surface area contributed by atoms with Crippen LogP contribution in [0.5, 0.6) is 5.75 Å². The fourth-order valence-electron chi connectivity index (χ4n) is 3.72. The molecule has 2 amide bonds. The molecular formula is C20H30ClN3O3. The molecule has 2 aliphatic rings. The maximum atomic E-state index is 12.4. The summed E-state index contributed by atoms with van der Waals surface area (Å²) >= 11 is 0.